The maximum Gasteiger partial charge on any atom is 0.133 e. The van der Waals surface area contributed by atoms with Crippen LogP contribution in [0.15, 0.2) is 0 Å². The second kappa shape index (κ2) is 5.80. The van der Waals surface area contributed by atoms with Crippen LogP contribution in [-0.2, 0) is 4.74 Å². The van der Waals surface area contributed by atoms with Crippen molar-refractivity contribution in [2.24, 2.45) is 22.6 Å². The van der Waals surface area contributed by atoms with E-state index in [1.807, 2.05) is 6.92 Å². The highest BCUT2D eigenvalue weighted by molar-refractivity contribution is 4.90. The van der Waals surface area contributed by atoms with Gasteiger partial charge in [-0.2, -0.15) is 0 Å². The Hall–Kier alpha value is -0.160. The van der Waals surface area contributed by atoms with Crippen molar-refractivity contribution in [2.45, 2.75) is 51.8 Å². The maximum atomic E-state index is 6.11. The highest BCUT2D eigenvalue weighted by Gasteiger charge is 2.40. The zero-order chi connectivity index (χ0) is 12.1. The van der Waals surface area contributed by atoms with Crippen molar-refractivity contribution >= 4 is 0 Å². The Morgan fingerprint density at radius 1 is 1.33 bits per heavy atom. The highest BCUT2D eigenvalue weighted by Crippen LogP contribution is 2.34. The van der Waals surface area contributed by atoms with Crippen LogP contribution >= 0.6 is 0 Å². The van der Waals surface area contributed by atoms with Crippen molar-refractivity contribution in [3.05, 3.63) is 0 Å². The summed E-state index contributed by atoms with van der Waals surface area (Å²) in [5.74, 6) is 0. The van der Waals surface area contributed by atoms with Crippen LogP contribution in [0.4, 0.5) is 0 Å². The van der Waals surface area contributed by atoms with E-state index in [4.69, 9.17) is 21.9 Å². The van der Waals surface area contributed by atoms with Gasteiger partial charge in [0, 0.05) is 25.1 Å². The molecule has 0 rings (SSSR count). The Morgan fingerprint density at radius 2 is 1.87 bits per heavy atom. The minimum Gasteiger partial charge on any atom is -0.362 e. The van der Waals surface area contributed by atoms with Gasteiger partial charge in [-0.1, -0.05) is 20.3 Å². The van der Waals surface area contributed by atoms with Gasteiger partial charge in [0.1, 0.15) is 5.72 Å². The second-order valence-electron chi connectivity index (χ2n) is 5.05. The average Bonchev–Trinajstić information content (AvgIpc) is 2.15. The molecule has 0 spiro atoms. The van der Waals surface area contributed by atoms with Gasteiger partial charge in [0.2, 0.25) is 0 Å². The predicted molar refractivity (Wildman–Crippen MR) is 64.3 cm³/mol. The lowest BCUT2D eigenvalue weighted by atomic mass is 9.76. The number of nitrogens with two attached hydrogens (primary N) is 3. The largest absolute Gasteiger partial charge is 0.362 e. The molecule has 0 saturated heterocycles. The summed E-state index contributed by atoms with van der Waals surface area (Å²) in [5.41, 5.74) is 16.6. The molecule has 0 amide bonds. The first-order valence-corrected chi connectivity index (χ1v) is 5.59. The van der Waals surface area contributed by atoms with E-state index in [0.29, 0.717) is 6.54 Å². The van der Waals surface area contributed by atoms with Crippen LogP contribution in [0.1, 0.15) is 40.0 Å². The van der Waals surface area contributed by atoms with E-state index in [-0.39, 0.29) is 11.5 Å². The highest BCUT2D eigenvalue weighted by atomic mass is 16.5. The first kappa shape index (κ1) is 14.8. The molecule has 2 atom stereocenters. The summed E-state index contributed by atoms with van der Waals surface area (Å²) >= 11 is 0. The van der Waals surface area contributed by atoms with E-state index >= 15 is 0 Å². The zero-order valence-corrected chi connectivity index (χ0v) is 10.5. The third-order valence-corrected chi connectivity index (χ3v) is 3.27. The van der Waals surface area contributed by atoms with Crippen LogP contribution in [0.3, 0.4) is 0 Å². The van der Waals surface area contributed by atoms with Crippen molar-refractivity contribution in [1.29, 1.82) is 0 Å². The molecule has 15 heavy (non-hydrogen) atoms. The fourth-order valence-electron chi connectivity index (χ4n) is 1.71. The topological polar surface area (TPSA) is 87.3 Å². The summed E-state index contributed by atoms with van der Waals surface area (Å²) in [5, 5.41) is 0. The molecular formula is C11H27N3O. The Kier molecular flexibility index (Phi) is 5.73. The molecular weight excluding hydrogens is 190 g/mol. The van der Waals surface area contributed by atoms with Crippen molar-refractivity contribution in [3.8, 4) is 0 Å². The lowest BCUT2D eigenvalue weighted by Gasteiger charge is -2.42. The van der Waals surface area contributed by atoms with Gasteiger partial charge in [0.15, 0.2) is 0 Å². The normalized spacial score (nSPS) is 18.6. The Bertz CT molecular complexity index is 177. The SMILES string of the molecule is COC(N)(CN)C(C)(C)CCCC(C)N. The van der Waals surface area contributed by atoms with Crippen LogP contribution in [0.25, 0.3) is 0 Å². The van der Waals surface area contributed by atoms with Gasteiger partial charge in [-0.15, -0.1) is 0 Å². The Balaban J connectivity index is 4.26. The third kappa shape index (κ3) is 4.07. The van der Waals surface area contributed by atoms with E-state index in [1.165, 1.54) is 0 Å². The molecule has 0 aliphatic rings. The lowest BCUT2D eigenvalue weighted by Crippen LogP contribution is -2.59. The predicted octanol–water partition coefficient (Wildman–Crippen LogP) is 0.790. The van der Waals surface area contributed by atoms with Crippen LogP contribution in [0, 0.1) is 5.41 Å². The van der Waals surface area contributed by atoms with E-state index in [9.17, 15) is 0 Å². The zero-order valence-electron chi connectivity index (χ0n) is 10.5. The average molecular weight is 217 g/mol. The number of hydrogen-bond donors (Lipinski definition) is 3. The summed E-state index contributed by atoms with van der Waals surface area (Å²) in [6.45, 7) is 6.52. The van der Waals surface area contributed by atoms with Gasteiger partial charge < -0.3 is 21.9 Å². The van der Waals surface area contributed by atoms with Gasteiger partial charge in [-0.3, -0.25) is 0 Å². The Morgan fingerprint density at radius 3 is 2.20 bits per heavy atom. The molecule has 0 aliphatic carbocycles. The fourth-order valence-corrected chi connectivity index (χ4v) is 1.71. The summed E-state index contributed by atoms with van der Waals surface area (Å²) in [6.07, 6.45) is 3.02. The third-order valence-electron chi connectivity index (χ3n) is 3.27. The fraction of sp³-hybridized carbons (Fsp3) is 1.00. The summed E-state index contributed by atoms with van der Waals surface area (Å²) in [4.78, 5) is 0. The van der Waals surface area contributed by atoms with Gasteiger partial charge in [0.05, 0.1) is 0 Å². The van der Waals surface area contributed by atoms with Crippen LogP contribution in [-0.4, -0.2) is 25.4 Å². The van der Waals surface area contributed by atoms with E-state index in [1.54, 1.807) is 7.11 Å². The molecule has 0 radical (unpaired) electrons. The molecule has 0 aromatic rings. The van der Waals surface area contributed by atoms with E-state index < -0.39 is 5.72 Å². The standard InChI is InChI=1S/C11H27N3O/c1-9(13)6-5-7-10(2,3)11(14,8-12)15-4/h9H,5-8,12-14H2,1-4H3. The quantitative estimate of drug-likeness (QED) is 0.550. The number of hydrogen-bond acceptors (Lipinski definition) is 4. The van der Waals surface area contributed by atoms with E-state index in [2.05, 4.69) is 13.8 Å². The Labute approximate surface area is 93.5 Å². The molecule has 0 aromatic carbocycles. The van der Waals surface area contributed by atoms with Gasteiger partial charge in [0.25, 0.3) is 0 Å². The molecule has 0 fully saturated rings. The van der Waals surface area contributed by atoms with Crippen molar-refractivity contribution in [2.75, 3.05) is 13.7 Å². The molecule has 0 heterocycles. The summed E-state index contributed by atoms with van der Waals surface area (Å²) < 4.78 is 5.33. The monoisotopic (exact) mass is 217 g/mol. The minimum absolute atomic E-state index is 0.134. The number of ether oxygens (including phenoxy) is 1. The molecule has 92 valence electrons. The van der Waals surface area contributed by atoms with Crippen molar-refractivity contribution < 1.29 is 4.74 Å². The minimum atomic E-state index is -0.745. The van der Waals surface area contributed by atoms with Gasteiger partial charge >= 0.3 is 0 Å². The van der Waals surface area contributed by atoms with Crippen LogP contribution in [0.2, 0.25) is 0 Å². The number of rotatable bonds is 7. The summed E-state index contributed by atoms with van der Waals surface area (Å²) in [6, 6.07) is 0.244. The molecule has 0 aliphatic heterocycles. The smallest absolute Gasteiger partial charge is 0.133 e. The molecule has 6 N–H and O–H groups in total. The first-order chi connectivity index (χ1) is 6.79. The molecule has 4 nitrogen and oxygen atoms in total. The van der Waals surface area contributed by atoms with Gasteiger partial charge in [-0.25, -0.2) is 0 Å². The molecule has 0 bridgehead atoms. The molecule has 0 saturated carbocycles. The van der Waals surface area contributed by atoms with Crippen LogP contribution < -0.4 is 17.2 Å². The van der Waals surface area contributed by atoms with Gasteiger partial charge in [-0.05, 0) is 19.8 Å². The molecule has 0 aromatic heterocycles. The van der Waals surface area contributed by atoms with E-state index in [0.717, 1.165) is 19.3 Å². The lowest BCUT2D eigenvalue weighted by molar-refractivity contribution is -0.0923. The van der Waals surface area contributed by atoms with Crippen molar-refractivity contribution in [1.82, 2.24) is 0 Å². The summed E-state index contributed by atoms with van der Waals surface area (Å²) in [7, 11) is 1.61. The van der Waals surface area contributed by atoms with Crippen molar-refractivity contribution in [3.63, 3.8) is 0 Å². The maximum absolute atomic E-state index is 6.11. The first-order valence-electron chi connectivity index (χ1n) is 5.59. The molecule has 4 heteroatoms. The van der Waals surface area contributed by atoms with Crippen LogP contribution in [0.5, 0.6) is 0 Å². The molecule has 2 unspecified atom stereocenters. The second-order valence-corrected chi connectivity index (χ2v) is 5.05. The number of methoxy groups -OCH3 is 1.